The highest BCUT2D eigenvalue weighted by molar-refractivity contribution is 5.97. The third kappa shape index (κ3) is 5.10. The van der Waals surface area contributed by atoms with Crippen LogP contribution in [-0.4, -0.2) is 43.5 Å². The van der Waals surface area contributed by atoms with E-state index in [4.69, 9.17) is 14.2 Å². The maximum Gasteiger partial charge on any atom is 0.412 e. The smallest absolute Gasteiger partial charge is 0.412 e. The van der Waals surface area contributed by atoms with E-state index in [-0.39, 0.29) is 32.1 Å². The fourth-order valence-corrected chi connectivity index (χ4v) is 3.52. The monoisotopic (exact) mass is 413 g/mol. The number of phenols is 1. The molecule has 0 saturated carbocycles. The van der Waals surface area contributed by atoms with Crippen LogP contribution in [0.25, 0.3) is 10.8 Å². The van der Waals surface area contributed by atoms with Gasteiger partial charge in [-0.15, -0.1) is 0 Å². The quantitative estimate of drug-likeness (QED) is 0.390. The lowest BCUT2D eigenvalue weighted by molar-refractivity contribution is -0.140. The zero-order valence-electron chi connectivity index (χ0n) is 17.2. The molecule has 160 valence electrons. The molecule has 0 aromatic heterocycles. The van der Waals surface area contributed by atoms with Crippen LogP contribution in [0.5, 0.6) is 11.5 Å². The van der Waals surface area contributed by atoms with Crippen molar-refractivity contribution in [2.45, 2.75) is 32.6 Å². The van der Waals surface area contributed by atoms with Gasteiger partial charge in [-0.05, 0) is 32.6 Å². The molecule has 2 aromatic rings. The largest absolute Gasteiger partial charge is 0.507 e. The van der Waals surface area contributed by atoms with E-state index in [0.29, 0.717) is 16.7 Å². The van der Waals surface area contributed by atoms with Crippen LogP contribution < -0.4 is 10.1 Å². The Kier molecular flexibility index (Phi) is 7.30. The Bertz CT molecular complexity index is 952. The highest BCUT2D eigenvalue weighted by Gasteiger charge is 2.23. The van der Waals surface area contributed by atoms with E-state index in [1.807, 2.05) is 24.3 Å². The summed E-state index contributed by atoms with van der Waals surface area (Å²) >= 11 is 0. The average Bonchev–Trinajstić information content (AvgIpc) is 2.75. The van der Waals surface area contributed by atoms with Gasteiger partial charge in [0.2, 0.25) is 0 Å². The van der Waals surface area contributed by atoms with Gasteiger partial charge in [0, 0.05) is 34.0 Å². The molecule has 0 spiro atoms. The number of aromatic hydroxyl groups is 1. The first-order valence-electron chi connectivity index (χ1n) is 10.1. The van der Waals surface area contributed by atoms with Gasteiger partial charge in [0.15, 0.2) is 0 Å². The number of phenolic OH excluding ortho intramolecular Hbond substituents is 1. The number of esters is 1. The van der Waals surface area contributed by atoms with Crippen molar-refractivity contribution < 1.29 is 28.9 Å². The van der Waals surface area contributed by atoms with Crippen LogP contribution in [0.2, 0.25) is 0 Å². The van der Waals surface area contributed by atoms with Gasteiger partial charge in [0.05, 0.1) is 13.2 Å². The molecule has 0 aliphatic heterocycles. The predicted octanol–water partition coefficient (Wildman–Crippen LogP) is 3.65. The van der Waals surface area contributed by atoms with E-state index in [1.165, 1.54) is 0 Å². The van der Waals surface area contributed by atoms with Crippen LogP contribution in [0.1, 0.15) is 30.9 Å². The lowest BCUT2D eigenvalue weighted by Crippen LogP contribution is -2.31. The third-order valence-electron chi connectivity index (χ3n) is 4.97. The van der Waals surface area contributed by atoms with Gasteiger partial charge in [-0.25, -0.2) is 9.59 Å². The number of fused-ring (bicyclic) bond motifs is 2. The lowest BCUT2D eigenvalue weighted by atomic mass is 9.87. The number of ether oxygens (including phenoxy) is 3. The molecule has 2 N–H and O–H groups in total. The van der Waals surface area contributed by atoms with Crippen LogP contribution in [0.15, 0.2) is 36.4 Å². The van der Waals surface area contributed by atoms with Crippen LogP contribution in [0.3, 0.4) is 0 Å². The van der Waals surface area contributed by atoms with Crippen molar-refractivity contribution in [1.82, 2.24) is 5.32 Å². The number of benzene rings is 2. The molecule has 0 fully saturated rings. The number of hydrogen-bond acceptors (Lipinski definition) is 6. The number of carbonyl (C=O) groups excluding carboxylic acids is 2. The van der Waals surface area contributed by atoms with Gasteiger partial charge in [-0.3, -0.25) is 0 Å². The lowest BCUT2D eigenvalue weighted by Gasteiger charge is -2.22. The summed E-state index contributed by atoms with van der Waals surface area (Å²) in [6, 6.07) is 7.39. The number of amides is 1. The van der Waals surface area contributed by atoms with Gasteiger partial charge in [0.1, 0.15) is 18.1 Å². The van der Waals surface area contributed by atoms with Gasteiger partial charge < -0.3 is 24.6 Å². The summed E-state index contributed by atoms with van der Waals surface area (Å²) < 4.78 is 15.9. The van der Waals surface area contributed by atoms with Crippen LogP contribution >= 0.6 is 0 Å². The first-order chi connectivity index (χ1) is 14.5. The second-order valence-corrected chi connectivity index (χ2v) is 7.23. The van der Waals surface area contributed by atoms with Crippen molar-refractivity contribution in [3.05, 3.63) is 47.5 Å². The predicted molar refractivity (Wildman–Crippen MR) is 113 cm³/mol. The summed E-state index contributed by atoms with van der Waals surface area (Å²) in [5, 5.41) is 14.7. The van der Waals surface area contributed by atoms with Crippen LogP contribution in [-0.2, 0) is 27.1 Å². The molecule has 7 heteroatoms. The molecule has 0 atom stereocenters. The van der Waals surface area contributed by atoms with Crippen LogP contribution in [0.4, 0.5) is 4.79 Å². The molecule has 1 aliphatic rings. The zero-order chi connectivity index (χ0) is 21.5. The van der Waals surface area contributed by atoms with Crippen LogP contribution in [0, 0.1) is 0 Å². The molecule has 0 heterocycles. The standard InChI is InChI=1S/C23H27NO6/c1-15(2)22(26)29-14-13-28-12-11-24-23(27)30-21-18-9-5-3-7-16(18)20(25)17-8-4-6-10-19(17)21/h3,5,7,9,25H,1,4,6,8,10-14H2,2H3,(H,24,27). The molecular weight excluding hydrogens is 386 g/mol. The molecule has 0 radical (unpaired) electrons. The number of carbonyl (C=O) groups is 2. The highest BCUT2D eigenvalue weighted by atomic mass is 16.6. The maximum absolute atomic E-state index is 12.3. The fourth-order valence-electron chi connectivity index (χ4n) is 3.52. The van der Waals surface area contributed by atoms with E-state index >= 15 is 0 Å². The summed E-state index contributed by atoms with van der Waals surface area (Å²) in [6.07, 6.45) is 2.96. The Labute approximate surface area is 175 Å². The molecule has 3 rings (SSSR count). The van der Waals surface area contributed by atoms with E-state index in [9.17, 15) is 14.7 Å². The second-order valence-electron chi connectivity index (χ2n) is 7.23. The summed E-state index contributed by atoms with van der Waals surface area (Å²) in [4.78, 5) is 23.6. The number of rotatable bonds is 8. The minimum Gasteiger partial charge on any atom is -0.507 e. The van der Waals surface area contributed by atoms with Crippen molar-refractivity contribution in [3.63, 3.8) is 0 Å². The summed E-state index contributed by atoms with van der Waals surface area (Å²) in [5.41, 5.74) is 2.11. The van der Waals surface area contributed by atoms with Gasteiger partial charge in [-0.2, -0.15) is 0 Å². The topological polar surface area (TPSA) is 94.1 Å². The second kappa shape index (κ2) is 10.1. The molecule has 2 aromatic carbocycles. The SMILES string of the molecule is C=C(C)C(=O)OCCOCCNC(=O)Oc1c2c(c(O)c3ccccc13)CCCC2. The van der Waals surface area contributed by atoms with Crippen molar-refractivity contribution in [3.8, 4) is 11.5 Å². The first-order valence-corrected chi connectivity index (χ1v) is 10.1. The molecular formula is C23H27NO6. The molecule has 7 nitrogen and oxygen atoms in total. The third-order valence-corrected chi connectivity index (χ3v) is 4.97. The first kappa shape index (κ1) is 21.6. The molecule has 30 heavy (non-hydrogen) atoms. The average molecular weight is 413 g/mol. The van der Waals surface area contributed by atoms with E-state index < -0.39 is 12.1 Å². The number of nitrogens with one attached hydrogen (secondary N) is 1. The van der Waals surface area contributed by atoms with Crippen molar-refractivity contribution >= 4 is 22.8 Å². The zero-order valence-corrected chi connectivity index (χ0v) is 17.2. The maximum atomic E-state index is 12.3. The Balaban J connectivity index is 1.55. The number of hydrogen-bond donors (Lipinski definition) is 2. The summed E-state index contributed by atoms with van der Waals surface area (Å²) in [7, 11) is 0. The van der Waals surface area contributed by atoms with E-state index in [2.05, 4.69) is 11.9 Å². The minimum atomic E-state index is -0.573. The van der Waals surface area contributed by atoms with Crippen molar-refractivity contribution in [2.24, 2.45) is 0 Å². The Morgan fingerprint density at radius 2 is 1.77 bits per heavy atom. The van der Waals surface area contributed by atoms with Gasteiger partial charge in [-0.1, -0.05) is 30.8 Å². The Morgan fingerprint density at radius 1 is 1.07 bits per heavy atom. The van der Waals surface area contributed by atoms with Crippen molar-refractivity contribution in [1.29, 1.82) is 0 Å². The van der Waals surface area contributed by atoms with Crippen molar-refractivity contribution in [2.75, 3.05) is 26.4 Å². The molecule has 0 unspecified atom stereocenters. The molecule has 1 amide bonds. The molecule has 0 bridgehead atoms. The van der Waals surface area contributed by atoms with Gasteiger partial charge >= 0.3 is 12.1 Å². The normalized spacial score (nSPS) is 12.8. The fraction of sp³-hybridized carbons (Fsp3) is 0.391. The Hall–Kier alpha value is -3.06. The van der Waals surface area contributed by atoms with E-state index in [0.717, 1.165) is 42.2 Å². The molecule has 1 aliphatic carbocycles. The summed E-state index contributed by atoms with van der Waals surface area (Å²) in [6.45, 7) is 5.94. The Morgan fingerprint density at radius 3 is 2.50 bits per heavy atom. The molecule has 0 saturated heterocycles. The summed E-state index contributed by atoms with van der Waals surface area (Å²) in [5.74, 6) is 0.349. The van der Waals surface area contributed by atoms with E-state index in [1.54, 1.807) is 6.92 Å². The van der Waals surface area contributed by atoms with Gasteiger partial charge in [0.25, 0.3) is 0 Å². The minimum absolute atomic E-state index is 0.127. The highest BCUT2D eigenvalue weighted by Crippen LogP contribution is 2.43.